The number of rotatable bonds is 10. The Hall–Kier alpha value is -2.46. The zero-order valence-corrected chi connectivity index (χ0v) is 16.5. The van der Waals surface area contributed by atoms with E-state index in [0.717, 1.165) is 11.3 Å². The van der Waals surface area contributed by atoms with Crippen LogP contribution < -0.4 is 5.32 Å². The highest BCUT2D eigenvalue weighted by molar-refractivity contribution is 7.18. The molecule has 0 aliphatic rings. The van der Waals surface area contributed by atoms with E-state index in [1.54, 1.807) is 27.7 Å². The molecule has 0 aliphatic carbocycles. The van der Waals surface area contributed by atoms with Crippen LogP contribution in [0.4, 0.5) is 5.00 Å². The van der Waals surface area contributed by atoms with Crippen LogP contribution in [0.3, 0.4) is 0 Å². The van der Waals surface area contributed by atoms with Crippen LogP contribution in [0.25, 0.3) is 0 Å². The fraction of sp³-hybridized carbons (Fsp3) is 0.529. The molecule has 1 rings (SSSR count). The molecule has 0 atom stereocenters. The largest absolute Gasteiger partial charge is 0.462 e. The van der Waals surface area contributed by atoms with Crippen molar-refractivity contribution in [1.29, 1.82) is 0 Å². The highest BCUT2D eigenvalue weighted by Crippen LogP contribution is 2.34. The van der Waals surface area contributed by atoms with Gasteiger partial charge in [-0.3, -0.25) is 4.79 Å². The van der Waals surface area contributed by atoms with E-state index in [4.69, 9.17) is 18.9 Å². The van der Waals surface area contributed by atoms with E-state index < -0.39 is 30.4 Å². The van der Waals surface area contributed by atoms with E-state index in [1.807, 2.05) is 0 Å². The number of esters is 3. The Morgan fingerprint density at radius 2 is 1.52 bits per heavy atom. The van der Waals surface area contributed by atoms with Crippen LogP contribution in [-0.4, -0.2) is 56.8 Å². The lowest BCUT2D eigenvalue weighted by molar-refractivity contribution is -0.151. The van der Waals surface area contributed by atoms with Gasteiger partial charge in [-0.2, -0.15) is 0 Å². The number of ether oxygens (including phenoxy) is 4. The first-order valence-corrected chi connectivity index (χ1v) is 9.18. The second-order valence-corrected chi connectivity index (χ2v) is 6.07. The molecule has 10 heteroatoms. The van der Waals surface area contributed by atoms with Crippen LogP contribution in [-0.2, 0) is 28.5 Å². The molecule has 1 heterocycles. The average Bonchev–Trinajstić information content (AvgIpc) is 2.94. The molecular weight excluding hydrogens is 378 g/mol. The highest BCUT2D eigenvalue weighted by Gasteiger charge is 2.27. The molecule has 0 fully saturated rings. The van der Waals surface area contributed by atoms with Crippen molar-refractivity contribution < 1.29 is 38.1 Å². The molecule has 0 bridgehead atoms. The van der Waals surface area contributed by atoms with Gasteiger partial charge in [-0.05, 0) is 33.3 Å². The van der Waals surface area contributed by atoms with Crippen LogP contribution in [0.5, 0.6) is 0 Å². The summed E-state index contributed by atoms with van der Waals surface area (Å²) in [6.45, 7) is 6.41. The SMILES string of the molecule is CCOCC(=O)OCC(=O)Nc1sc(C(=O)OCC)c(C)c1C(=O)OCC. The second kappa shape index (κ2) is 11.3. The van der Waals surface area contributed by atoms with Gasteiger partial charge in [0.2, 0.25) is 0 Å². The molecule has 1 aromatic rings. The number of carbonyl (C=O) groups is 4. The first kappa shape index (κ1) is 22.6. The Balaban J connectivity index is 2.95. The molecule has 0 spiro atoms. The Morgan fingerprint density at radius 3 is 2.11 bits per heavy atom. The number of nitrogens with one attached hydrogen (secondary N) is 1. The summed E-state index contributed by atoms with van der Waals surface area (Å²) in [6, 6.07) is 0. The monoisotopic (exact) mass is 401 g/mol. The minimum absolute atomic E-state index is 0.0684. The van der Waals surface area contributed by atoms with Gasteiger partial charge < -0.3 is 24.3 Å². The van der Waals surface area contributed by atoms with E-state index in [-0.39, 0.29) is 35.3 Å². The van der Waals surface area contributed by atoms with Gasteiger partial charge in [-0.1, -0.05) is 0 Å². The maximum atomic E-state index is 12.2. The molecule has 0 radical (unpaired) electrons. The minimum Gasteiger partial charge on any atom is -0.462 e. The Morgan fingerprint density at radius 1 is 0.889 bits per heavy atom. The number of carbonyl (C=O) groups excluding carboxylic acids is 4. The molecule has 0 unspecified atom stereocenters. The van der Waals surface area contributed by atoms with E-state index in [9.17, 15) is 19.2 Å². The summed E-state index contributed by atoms with van der Waals surface area (Å²) in [4.78, 5) is 47.9. The van der Waals surface area contributed by atoms with Gasteiger partial charge in [0.05, 0.1) is 18.8 Å². The van der Waals surface area contributed by atoms with Crippen LogP contribution in [0.1, 0.15) is 46.4 Å². The Labute approximate surface area is 160 Å². The molecule has 0 aliphatic heterocycles. The van der Waals surface area contributed by atoms with E-state index in [2.05, 4.69) is 5.32 Å². The van der Waals surface area contributed by atoms with Crippen molar-refractivity contribution in [3.05, 3.63) is 16.0 Å². The fourth-order valence-electron chi connectivity index (χ4n) is 1.98. The molecule has 0 saturated heterocycles. The lowest BCUT2D eigenvalue weighted by atomic mass is 10.1. The van der Waals surface area contributed by atoms with Crippen molar-refractivity contribution in [3.8, 4) is 0 Å². The van der Waals surface area contributed by atoms with Crippen molar-refractivity contribution in [3.63, 3.8) is 0 Å². The minimum atomic E-state index is -0.688. The Bertz CT molecular complexity index is 697. The molecule has 1 amide bonds. The predicted octanol–water partition coefficient (Wildman–Crippen LogP) is 1.93. The summed E-state index contributed by atoms with van der Waals surface area (Å²) in [5.41, 5.74) is 0.416. The van der Waals surface area contributed by atoms with Crippen LogP contribution in [0.2, 0.25) is 0 Å². The molecule has 27 heavy (non-hydrogen) atoms. The van der Waals surface area contributed by atoms with Gasteiger partial charge in [-0.15, -0.1) is 11.3 Å². The van der Waals surface area contributed by atoms with Crippen molar-refractivity contribution in [2.45, 2.75) is 27.7 Å². The zero-order valence-electron chi connectivity index (χ0n) is 15.7. The van der Waals surface area contributed by atoms with Gasteiger partial charge in [0.15, 0.2) is 6.61 Å². The maximum absolute atomic E-state index is 12.2. The summed E-state index contributed by atoms with van der Waals surface area (Å²) in [5, 5.41) is 2.60. The summed E-state index contributed by atoms with van der Waals surface area (Å²) < 4.78 is 19.6. The van der Waals surface area contributed by atoms with Crippen LogP contribution in [0.15, 0.2) is 0 Å². The number of anilines is 1. The third-order valence-electron chi connectivity index (χ3n) is 3.13. The van der Waals surface area contributed by atoms with Crippen molar-refractivity contribution in [2.75, 3.05) is 38.4 Å². The zero-order chi connectivity index (χ0) is 20.4. The highest BCUT2D eigenvalue weighted by atomic mass is 32.1. The average molecular weight is 401 g/mol. The number of hydrogen-bond donors (Lipinski definition) is 1. The maximum Gasteiger partial charge on any atom is 0.348 e. The fourth-order valence-corrected chi connectivity index (χ4v) is 3.08. The third kappa shape index (κ3) is 6.65. The van der Waals surface area contributed by atoms with Gasteiger partial charge in [0, 0.05) is 6.61 Å². The molecule has 1 aromatic heterocycles. The molecular formula is C17H23NO8S. The van der Waals surface area contributed by atoms with E-state index in [0.29, 0.717) is 12.2 Å². The summed E-state index contributed by atoms with van der Waals surface area (Å²) in [5.74, 6) is -2.63. The van der Waals surface area contributed by atoms with Gasteiger partial charge in [-0.25, -0.2) is 14.4 Å². The third-order valence-corrected chi connectivity index (χ3v) is 4.32. The van der Waals surface area contributed by atoms with Gasteiger partial charge in [0.25, 0.3) is 5.91 Å². The first-order chi connectivity index (χ1) is 12.8. The predicted molar refractivity (Wildman–Crippen MR) is 97.1 cm³/mol. The summed E-state index contributed by atoms with van der Waals surface area (Å²) >= 11 is 0.892. The normalized spacial score (nSPS) is 10.2. The summed E-state index contributed by atoms with van der Waals surface area (Å²) in [7, 11) is 0. The number of amides is 1. The van der Waals surface area contributed by atoms with Gasteiger partial charge >= 0.3 is 17.9 Å². The van der Waals surface area contributed by atoms with Crippen LogP contribution >= 0.6 is 11.3 Å². The number of hydrogen-bond acceptors (Lipinski definition) is 9. The topological polar surface area (TPSA) is 117 Å². The van der Waals surface area contributed by atoms with Gasteiger partial charge in [0.1, 0.15) is 16.5 Å². The van der Waals surface area contributed by atoms with Crippen molar-refractivity contribution in [2.24, 2.45) is 0 Å². The summed E-state index contributed by atoms with van der Waals surface area (Å²) in [6.07, 6.45) is 0. The second-order valence-electron chi connectivity index (χ2n) is 5.05. The van der Waals surface area contributed by atoms with Crippen LogP contribution in [0, 0.1) is 6.92 Å². The molecule has 9 nitrogen and oxygen atoms in total. The van der Waals surface area contributed by atoms with Crippen molar-refractivity contribution in [1.82, 2.24) is 0 Å². The standard InChI is InChI=1S/C17H23NO8S/c1-5-23-9-12(20)26-8-11(19)18-15-13(16(21)24-6-2)10(4)14(27-15)17(22)25-7-3/h5-9H2,1-4H3,(H,18,19). The van der Waals surface area contributed by atoms with E-state index in [1.165, 1.54) is 0 Å². The van der Waals surface area contributed by atoms with Crippen molar-refractivity contribution >= 4 is 40.2 Å². The Kier molecular flexibility index (Phi) is 9.45. The molecule has 0 aromatic carbocycles. The molecule has 150 valence electrons. The lowest BCUT2D eigenvalue weighted by Crippen LogP contribution is -2.23. The quantitative estimate of drug-likeness (QED) is 0.467. The lowest BCUT2D eigenvalue weighted by Gasteiger charge is -2.08. The van der Waals surface area contributed by atoms with E-state index >= 15 is 0 Å². The molecule has 0 saturated carbocycles. The molecule has 1 N–H and O–H groups in total. The smallest absolute Gasteiger partial charge is 0.348 e. The number of thiophene rings is 1. The first-order valence-electron chi connectivity index (χ1n) is 8.36.